The van der Waals surface area contributed by atoms with E-state index in [-0.39, 0.29) is 18.8 Å². The average molecular weight is 278 g/mol. The van der Waals surface area contributed by atoms with E-state index in [1.807, 2.05) is 0 Å². The van der Waals surface area contributed by atoms with E-state index < -0.39 is 18.8 Å². The van der Waals surface area contributed by atoms with Gasteiger partial charge < -0.3 is 15.2 Å². The van der Waals surface area contributed by atoms with E-state index in [9.17, 15) is 18.0 Å². The van der Waals surface area contributed by atoms with Crippen LogP contribution in [0.1, 0.15) is 16.1 Å². The van der Waals surface area contributed by atoms with Gasteiger partial charge in [-0.25, -0.2) is 4.79 Å². The summed E-state index contributed by atoms with van der Waals surface area (Å²) in [6, 6.07) is 1.39. The molecule has 0 unspecified atom stereocenters. The number of alkyl halides is 3. The molecule has 8 heteroatoms. The van der Waals surface area contributed by atoms with E-state index >= 15 is 0 Å². The standard InChI is InChI=1S/C11H13F3N2O3/c1-7-9(4-8(15)5-16-7)10(17)19-3-2-18-6-11(12,13)14/h4-5H,2-3,6,15H2,1H3. The molecule has 0 atom stereocenters. The molecular formula is C11H13F3N2O3. The zero-order chi connectivity index (χ0) is 14.5. The van der Waals surface area contributed by atoms with Crippen LogP contribution >= 0.6 is 0 Å². The summed E-state index contributed by atoms with van der Waals surface area (Å²) in [6.45, 7) is -0.386. The summed E-state index contributed by atoms with van der Waals surface area (Å²) in [5, 5.41) is 0. The van der Waals surface area contributed by atoms with E-state index in [1.165, 1.54) is 12.3 Å². The van der Waals surface area contributed by atoms with Crippen LogP contribution in [0.15, 0.2) is 12.3 Å². The van der Waals surface area contributed by atoms with Gasteiger partial charge in [0.2, 0.25) is 0 Å². The summed E-state index contributed by atoms with van der Waals surface area (Å²) in [6.07, 6.45) is -3.00. The maximum absolute atomic E-state index is 11.7. The second kappa shape index (κ2) is 6.37. The lowest BCUT2D eigenvalue weighted by Crippen LogP contribution is -2.20. The molecule has 1 aromatic heterocycles. The molecule has 0 saturated carbocycles. The highest BCUT2D eigenvalue weighted by atomic mass is 19.4. The number of ether oxygens (including phenoxy) is 2. The monoisotopic (exact) mass is 278 g/mol. The van der Waals surface area contributed by atoms with E-state index in [4.69, 9.17) is 10.5 Å². The van der Waals surface area contributed by atoms with Gasteiger partial charge in [0.15, 0.2) is 0 Å². The minimum Gasteiger partial charge on any atom is -0.460 e. The average Bonchev–Trinajstić information content (AvgIpc) is 2.30. The molecule has 0 aromatic carbocycles. The normalized spacial score (nSPS) is 11.4. The molecule has 0 fully saturated rings. The second-order valence-electron chi connectivity index (χ2n) is 3.71. The fourth-order valence-electron chi connectivity index (χ4n) is 1.21. The Bertz CT molecular complexity index is 449. The smallest absolute Gasteiger partial charge is 0.411 e. The molecule has 0 saturated heterocycles. The highest BCUT2D eigenvalue weighted by molar-refractivity contribution is 5.91. The van der Waals surface area contributed by atoms with Crippen LogP contribution in [0.2, 0.25) is 0 Å². The van der Waals surface area contributed by atoms with Gasteiger partial charge in [0, 0.05) is 0 Å². The number of halogens is 3. The Morgan fingerprint density at radius 3 is 2.74 bits per heavy atom. The van der Waals surface area contributed by atoms with Crippen molar-refractivity contribution in [2.75, 3.05) is 25.6 Å². The summed E-state index contributed by atoms with van der Waals surface area (Å²) in [5.74, 6) is -0.701. The first kappa shape index (κ1) is 15.2. The number of pyridine rings is 1. The molecule has 1 heterocycles. The molecule has 2 N–H and O–H groups in total. The Morgan fingerprint density at radius 2 is 2.11 bits per heavy atom. The predicted octanol–water partition coefficient (Wildman–Crippen LogP) is 1.71. The van der Waals surface area contributed by atoms with Crippen molar-refractivity contribution in [2.24, 2.45) is 0 Å². The van der Waals surface area contributed by atoms with Crippen LogP contribution in [0.25, 0.3) is 0 Å². The largest absolute Gasteiger partial charge is 0.460 e. The van der Waals surface area contributed by atoms with Crippen molar-refractivity contribution >= 4 is 11.7 Å². The number of aromatic nitrogens is 1. The number of hydrogen-bond acceptors (Lipinski definition) is 5. The summed E-state index contributed by atoms with van der Waals surface area (Å²) in [4.78, 5) is 15.5. The van der Waals surface area contributed by atoms with Crippen LogP contribution in [0.4, 0.5) is 18.9 Å². The van der Waals surface area contributed by atoms with Gasteiger partial charge in [0.05, 0.1) is 29.7 Å². The summed E-state index contributed by atoms with van der Waals surface area (Å²) in [5.41, 5.74) is 6.37. The van der Waals surface area contributed by atoms with Gasteiger partial charge >= 0.3 is 12.1 Å². The topological polar surface area (TPSA) is 74.4 Å². The van der Waals surface area contributed by atoms with Crippen LogP contribution in [-0.2, 0) is 9.47 Å². The Kier molecular flexibility index (Phi) is 5.11. The number of anilines is 1. The lowest BCUT2D eigenvalue weighted by Gasteiger charge is -2.09. The van der Waals surface area contributed by atoms with Gasteiger partial charge in [-0.2, -0.15) is 13.2 Å². The zero-order valence-corrected chi connectivity index (χ0v) is 10.2. The Balaban J connectivity index is 2.38. The molecule has 0 aliphatic heterocycles. The van der Waals surface area contributed by atoms with Crippen LogP contribution in [0.3, 0.4) is 0 Å². The molecule has 0 aliphatic carbocycles. The number of rotatable bonds is 5. The van der Waals surface area contributed by atoms with Gasteiger partial charge in [-0.3, -0.25) is 4.98 Å². The Morgan fingerprint density at radius 1 is 1.42 bits per heavy atom. The van der Waals surface area contributed by atoms with Crippen molar-refractivity contribution in [2.45, 2.75) is 13.1 Å². The lowest BCUT2D eigenvalue weighted by molar-refractivity contribution is -0.175. The fraction of sp³-hybridized carbons (Fsp3) is 0.455. The van der Waals surface area contributed by atoms with Crippen molar-refractivity contribution < 1.29 is 27.4 Å². The molecular weight excluding hydrogens is 265 g/mol. The zero-order valence-electron chi connectivity index (χ0n) is 10.2. The molecule has 1 aromatic rings. The van der Waals surface area contributed by atoms with E-state index in [1.54, 1.807) is 6.92 Å². The maximum Gasteiger partial charge on any atom is 0.411 e. The fourth-order valence-corrected chi connectivity index (χ4v) is 1.21. The van der Waals surface area contributed by atoms with E-state index in [0.29, 0.717) is 11.4 Å². The Labute approximate surface area is 107 Å². The number of nitrogens with two attached hydrogens (primary N) is 1. The van der Waals surface area contributed by atoms with Gasteiger partial charge in [-0.15, -0.1) is 0 Å². The van der Waals surface area contributed by atoms with E-state index in [0.717, 1.165) is 0 Å². The number of nitrogens with zero attached hydrogens (tertiary/aromatic N) is 1. The van der Waals surface area contributed by atoms with Gasteiger partial charge in [-0.1, -0.05) is 0 Å². The predicted molar refractivity (Wildman–Crippen MR) is 60.5 cm³/mol. The number of nitrogen functional groups attached to an aromatic ring is 1. The van der Waals surface area contributed by atoms with Crippen molar-refractivity contribution in [1.29, 1.82) is 0 Å². The third-order valence-corrected chi connectivity index (χ3v) is 2.05. The molecule has 19 heavy (non-hydrogen) atoms. The maximum atomic E-state index is 11.7. The first-order chi connectivity index (χ1) is 8.79. The third-order valence-electron chi connectivity index (χ3n) is 2.05. The van der Waals surface area contributed by atoms with Crippen molar-refractivity contribution in [1.82, 2.24) is 4.98 Å². The van der Waals surface area contributed by atoms with E-state index in [2.05, 4.69) is 9.72 Å². The van der Waals surface area contributed by atoms with Gasteiger partial charge in [0.25, 0.3) is 0 Å². The molecule has 106 valence electrons. The van der Waals surface area contributed by atoms with Crippen LogP contribution in [0.5, 0.6) is 0 Å². The van der Waals surface area contributed by atoms with Crippen molar-refractivity contribution in [3.8, 4) is 0 Å². The highest BCUT2D eigenvalue weighted by Crippen LogP contribution is 2.14. The molecule has 5 nitrogen and oxygen atoms in total. The third kappa shape index (κ3) is 5.56. The molecule has 0 amide bonds. The second-order valence-corrected chi connectivity index (χ2v) is 3.71. The number of hydrogen-bond donors (Lipinski definition) is 1. The molecule has 1 rings (SSSR count). The number of carbonyl (C=O) groups excluding carboxylic acids is 1. The first-order valence-electron chi connectivity index (χ1n) is 5.33. The molecule has 0 radical (unpaired) electrons. The molecule has 0 spiro atoms. The molecule has 0 aliphatic rings. The minimum atomic E-state index is -4.39. The van der Waals surface area contributed by atoms with Gasteiger partial charge in [0.1, 0.15) is 13.2 Å². The summed E-state index contributed by atoms with van der Waals surface area (Å²) in [7, 11) is 0. The highest BCUT2D eigenvalue weighted by Gasteiger charge is 2.27. The lowest BCUT2D eigenvalue weighted by atomic mass is 10.2. The number of esters is 1. The van der Waals surface area contributed by atoms with Crippen LogP contribution in [0, 0.1) is 6.92 Å². The quantitative estimate of drug-likeness (QED) is 0.655. The summed E-state index contributed by atoms with van der Waals surface area (Å²) >= 11 is 0. The number of aryl methyl sites for hydroxylation is 1. The van der Waals surface area contributed by atoms with Crippen molar-refractivity contribution in [3.05, 3.63) is 23.5 Å². The Hall–Kier alpha value is -1.83. The summed E-state index contributed by atoms with van der Waals surface area (Å²) < 4.78 is 44.3. The first-order valence-corrected chi connectivity index (χ1v) is 5.33. The molecule has 0 bridgehead atoms. The van der Waals surface area contributed by atoms with Gasteiger partial charge in [-0.05, 0) is 13.0 Å². The van der Waals surface area contributed by atoms with Crippen LogP contribution < -0.4 is 5.73 Å². The minimum absolute atomic E-state index is 0.177. The SMILES string of the molecule is Cc1ncc(N)cc1C(=O)OCCOCC(F)(F)F. The van der Waals surface area contributed by atoms with Crippen molar-refractivity contribution in [3.63, 3.8) is 0 Å². The number of carbonyl (C=O) groups is 1. The van der Waals surface area contributed by atoms with Crippen LogP contribution in [-0.4, -0.2) is 37.0 Å².